The van der Waals surface area contributed by atoms with Crippen LogP contribution in [0.2, 0.25) is 0 Å². The van der Waals surface area contributed by atoms with Gasteiger partial charge in [0, 0.05) is 60.5 Å². The first-order valence-corrected chi connectivity index (χ1v) is 11.9. The lowest BCUT2D eigenvalue weighted by Crippen LogP contribution is -2.38. The summed E-state index contributed by atoms with van der Waals surface area (Å²) in [5, 5.41) is 2.72. The highest BCUT2D eigenvalue weighted by molar-refractivity contribution is 6.16. The maximum atomic E-state index is 13.4. The Morgan fingerprint density at radius 3 is 2.65 bits per heavy atom. The average Bonchev–Trinajstić information content (AvgIpc) is 3.39. The number of carbonyl (C=O) groups excluding carboxylic acids is 3. The van der Waals surface area contributed by atoms with E-state index in [0.29, 0.717) is 22.5 Å². The number of aryl methyl sites for hydroxylation is 1. The molecule has 0 spiro atoms. The van der Waals surface area contributed by atoms with E-state index in [1.807, 2.05) is 11.8 Å². The van der Waals surface area contributed by atoms with Crippen LogP contribution >= 0.6 is 0 Å². The Bertz CT molecular complexity index is 1130. The number of amides is 2. The molecule has 8 heteroatoms. The van der Waals surface area contributed by atoms with E-state index in [1.54, 1.807) is 24.3 Å². The number of likely N-dealkylation sites (tertiary alicyclic amines) is 1. The minimum absolute atomic E-state index is 0.0555. The van der Waals surface area contributed by atoms with Crippen LogP contribution in [0.15, 0.2) is 18.2 Å². The normalized spacial score (nSPS) is 16.9. The van der Waals surface area contributed by atoms with Gasteiger partial charge in [0.15, 0.2) is 6.29 Å². The van der Waals surface area contributed by atoms with Crippen molar-refractivity contribution in [2.75, 3.05) is 43.8 Å². The molecule has 1 fully saturated rings. The molecule has 2 aliphatic heterocycles. The third-order valence-electron chi connectivity index (χ3n) is 6.72. The summed E-state index contributed by atoms with van der Waals surface area (Å²) in [6.45, 7) is 7.98. The molecule has 0 bridgehead atoms. The minimum Gasteiger partial charge on any atom is -0.398 e. The van der Waals surface area contributed by atoms with E-state index in [2.05, 4.69) is 15.2 Å². The number of hydrogen-bond acceptors (Lipinski definition) is 5. The molecule has 1 aromatic carbocycles. The Hall–Kier alpha value is -3.39. The van der Waals surface area contributed by atoms with Gasteiger partial charge >= 0.3 is 0 Å². The maximum Gasteiger partial charge on any atom is 0.256 e. The number of nitrogens with one attached hydrogen (secondary N) is 2. The number of H-pyrrole nitrogens is 1. The van der Waals surface area contributed by atoms with Crippen molar-refractivity contribution in [3.63, 3.8) is 0 Å². The van der Waals surface area contributed by atoms with Gasteiger partial charge < -0.3 is 25.8 Å². The largest absolute Gasteiger partial charge is 0.398 e. The van der Waals surface area contributed by atoms with Gasteiger partial charge in [-0.1, -0.05) is 0 Å². The number of hydrogen-bond donors (Lipinski definition) is 3. The summed E-state index contributed by atoms with van der Waals surface area (Å²) in [5.74, 6) is -0.149. The molecule has 0 radical (unpaired) electrons. The van der Waals surface area contributed by atoms with Crippen molar-refractivity contribution in [3.8, 4) is 0 Å². The first-order valence-electron chi connectivity index (χ1n) is 11.9. The van der Waals surface area contributed by atoms with Gasteiger partial charge in [0.25, 0.3) is 5.91 Å². The average molecular weight is 464 g/mol. The topological polar surface area (TPSA) is 112 Å². The predicted molar refractivity (Wildman–Crippen MR) is 135 cm³/mol. The molecule has 1 aromatic heterocycles. The molecular weight excluding hydrogens is 430 g/mol. The van der Waals surface area contributed by atoms with Crippen molar-refractivity contribution in [1.29, 1.82) is 0 Å². The number of carbonyl (C=O) groups is 3. The number of aromatic nitrogens is 1. The molecule has 34 heavy (non-hydrogen) atoms. The number of nitrogens with two attached hydrogens (primary N) is 1. The number of rotatable bonds is 7. The number of nitrogens with zero attached hydrogens (tertiary/aromatic N) is 2. The van der Waals surface area contributed by atoms with Crippen molar-refractivity contribution in [2.24, 2.45) is 0 Å². The van der Waals surface area contributed by atoms with Crippen LogP contribution in [0.5, 0.6) is 0 Å². The highest BCUT2D eigenvalue weighted by Gasteiger charge is 2.28. The summed E-state index contributed by atoms with van der Waals surface area (Å²) < 4.78 is 0. The number of anilines is 2. The van der Waals surface area contributed by atoms with Crippen molar-refractivity contribution in [1.82, 2.24) is 14.8 Å². The molecule has 4 rings (SSSR count). The minimum atomic E-state index is -0.205. The maximum absolute atomic E-state index is 13.4. The second kappa shape index (κ2) is 10.3. The molecule has 0 saturated carbocycles. The number of fused-ring (bicyclic) bond motifs is 1. The second-order valence-electron chi connectivity index (χ2n) is 9.16. The summed E-state index contributed by atoms with van der Waals surface area (Å²) >= 11 is 0. The number of aldehydes is 1. The molecule has 180 valence electrons. The lowest BCUT2D eigenvalue weighted by Gasteiger charge is -2.24. The summed E-state index contributed by atoms with van der Waals surface area (Å²) in [5.41, 5.74) is 11.3. The van der Waals surface area contributed by atoms with Crippen molar-refractivity contribution in [3.05, 3.63) is 46.3 Å². The summed E-state index contributed by atoms with van der Waals surface area (Å²) in [6.07, 6.45) is 6.64. The van der Waals surface area contributed by atoms with Crippen LogP contribution in [0.25, 0.3) is 11.6 Å². The van der Waals surface area contributed by atoms with Gasteiger partial charge in [-0.3, -0.25) is 14.4 Å². The molecule has 2 aliphatic rings. The number of allylic oxidation sites excluding steroid dienone is 1. The Morgan fingerprint density at radius 1 is 1.18 bits per heavy atom. The van der Waals surface area contributed by atoms with Crippen LogP contribution in [-0.4, -0.2) is 65.6 Å². The van der Waals surface area contributed by atoms with Gasteiger partial charge in [-0.15, -0.1) is 0 Å². The fourth-order valence-electron chi connectivity index (χ4n) is 4.91. The standard InChI is InChI=1S/C26H33N5O3/c1-17-24(14-19(16-32)21-15-20(28-18(2)33)7-8-22(21)27)29-23-6-5-11-31(26(34)25(17)23)13-12-30-9-3-4-10-30/h7-8,14-16,29H,3-6,9-13,27H2,1-2H3,(H,28,33)/b19-14+. The third kappa shape index (κ3) is 5.07. The van der Waals surface area contributed by atoms with Crippen molar-refractivity contribution in [2.45, 2.75) is 39.5 Å². The van der Waals surface area contributed by atoms with Gasteiger partial charge in [-0.2, -0.15) is 0 Å². The van der Waals surface area contributed by atoms with E-state index in [1.165, 1.54) is 19.8 Å². The molecule has 1 saturated heterocycles. The van der Waals surface area contributed by atoms with E-state index in [4.69, 9.17) is 5.73 Å². The zero-order valence-corrected chi connectivity index (χ0v) is 19.9. The quantitative estimate of drug-likeness (QED) is 0.332. The molecule has 2 amide bonds. The van der Waals surface area contributed by atoms with E-state index in [-0.39, 0.29) is 11.8 Å². The smallest absolute Gasteiger partial charge is 0.256 e. The zero-order chi connectivity index (χ0) is 24.2. The molecule has 4 N–H and O–H groups in total. The lowest BCUT2D eigenvalue weighted by molar-refractivity contribution is -0.114. The fraction of sp³-hybridized carbons (Fsp3) is 0.423. The Morgan fingerprint density at radius 2 is 1.94 bits per heavy atom. The Labute approximate surface area is 200 Å². The molecule has 3 heterocycles. The molecule has 0 unspecified atom stereocenters. The van der Waals surface area contributed by atoms with Gasteiger partial charge in [0.05, 0.1) is 5.56 Å². The van der Waals surface area contributed by atoms with Gasteiger partial charge in [-0.05, 0) is 75.5 Å². The van der Waals surface area contributed by atoms with Crippen LogP contribution < -0.4 is 11.1 Å². The summed E-state index contributed by atoms with van der Waals surface area (Å²) in [7, 11) is 0. The van der Waals surface area contributed by atoms with Crippen molar-refractivity contribution < 1.29 is 14.4 Å². The van der Waals surface area contributed by atoms with E-state index < -0.39 is 0 Å². The zero-order valence-electron chi connectivity index (χ0n) is 19.9. The van der Waals surface area contributed by atoms with Gasteiger partial charge in [0.1, 0.15) is 0 Å². The number of benzene rings is 1. The predicted octanol–water partition coefficient (Wildman–Crippen LogP) is 3.09. The van der Waals surface area contributed by atoms with Crippen LogP contribution in [-0.2, 0) is 16.0 Å². The number of aromatic amines is 1. The molecule has 2 aromatic rings. The fourth-order valence-corrected chi connectivity index (χ4v) is 4.91. The van der Waals surface area contributed by atoms with Crippen LogP contribution in [0.3, 0.4) is 0 Å². The molecule has 8 nitrogen and oxygen atoms in total. The van der Waals surface area contributed by atoms with Gasteiger partial charge in [0.2, 0.25) is 5.91 Å². The highest BCUT2D eigenvalue weighted by atomic mass is 16.2. The van der Waals surface area contributed by atoms with Crippen molar-refractivity contribution >= 4 is 41.1 Å². The summed E-state index contributed by atoms with van der Waals surface area (Å²) in [4.78, 5) is 44.7. The molecule has 0 atom stereocenters. The lowest BCUT2D eigenvalue weighted by atomic mass is 10.0. The number of nitrogen functional groups attached to an aromatic ring is 1. The molecular formula is C26H33N5O3. The third-order valence-corrected chi connectivity index (χ3v) is 6.72. The van der Waals surface area contributed by atoms with E-state index >= 15 is 0 Å². The SMILES string of the molecule is CC(=O)Nc1ccc(N)c(/C(C=O)=C/c2[nH]c3c(c2C)C(=O)N(CCN2CCCC2)CCC3)c1. The monoisotopic (exact) mass is 463 g/mol. The second-order valence-corrected chi connectivity index (χ2v) is 9.16. The van der Waals surface area contributed by atoms with Crippen LogP contribution in [0.1, 0.15) is 59.1 Å². The first kappa shape index (κ1) is 23.8. The van der Waals surface area contributed by atoms with E-state index in [0.717, 1.165) is 74.4 Å². The summed E-state index contributed by atoms with van der Waals surface area (Å²) in [6, 6.07) is 5.04. The molecule has 0 aliphatic carbocycles. The highest BCUT2D eigenvalue weighted by Crippen LogP contribution is 2.30. The van der Waals surface area contributed by atoms with Gasteiger partial charge in [-0.25, -0.2) is 0 Å². The van der Waals surface area contributed by atoms with Crippen LogP contribution in [0, 0.1) is 6.92 Å². The van der Waals surface area contributed by atoms with E-state index in [9.17, 15) is 14.4 Å². The Balaban J connectivity index is 1.62. The Kier molecular flexibility index (Phi) is 7.17. The van der Waals surface area contributed by atoms with Crippen LogP contribution in [0.4, 0.5) is 11.4 Å². The first-order chi connectivity index (χ1) is 16.4.